The van der Waals surface area contributed by atoms with Crippen molar-refractivity contribution in [3.63, 3.8) is 0 Å². The van der Waals surface area contributed by atoms with Crippen molar-refractivity contribution in [2.75, 3.05) is 31.1 Å². The largest absolute Gasteiger partial charge is 0.481 e. The summed E-state index contributed by atoms with van der Waals surface area (Å²) in [5.74, 6) is 1.74. The molecule has 2 aromatic rings. The molecular formula is C22H29N3O2. The number of anilines is 1. The van der Waals surface area contributed by atoms with Crippen molar-refractivity contribution in [3.05, 3.63) is 54.2 Å². The molecule has 1 amide bonds. The molecule has 27 heavy (non-hydrogen) atoms. The number of pyridine rings is 1. The van der Waals surface area contributed by atoms with Gasteiger partial charge in [-0.25, -0.2) is 4.98 Å². The number of hydrogen-bond donors (Lipinski definition) is 0. The first-order valence-corrected chi connectivity index (χ1v) is 9.56. The lowest BCUT2D eigenvalue weighted by atomic mass is 9.87. The summed E-state index contributed by atoms with van der Waals surface area (Å²) in [6, 6.07) is 13.9. The number of amides is 1. The standard InChI is InChI=1S/C22H29N3O2/c1-17(27-19-10-8-18(9-11-19)22(2,3)4)21(26)25-15-13-24(14-16-25)20-7-5-6-12-23-20/h5-12,17H,13-16H2,1-4H3/t17-/m1/s1. The molecule has 1 saturated heterocycles. The van der Waals surface area contributed by atoms with Crippen molar-refractivity contribution in [2.24, 2.45) is 0 Å². The number of carbonyl (C=O) groups excluding carboxylic acids is 1. The average Bonchev–Trinajstić information content (AvgIpc) is 2.68. The quantitative estimate of drug-likeness (QED) is 0.830. The van der Waals surface area contributed by atoms with Gasteiger partial charge in [-0.15, -0.1) is 0 Å². The molecule has 1 fully saturated rings. The van der Waals surface area contributed by atoms with Crippen LogP contribution in [0.3, 0.4) is 0 Å². The zero-order valence-corrected chi connectivity index (χ0v) is 16.7. The second-order valence-electron chi connectivity index (χ2n) is 8.03. The molecule has 0 aliphatic carbocycles. The summed E-state index contributed by atoms with van der Waals surface area (Å²) in [5.41, 5.74) is 1.35. The number of carbonyl (C=O) groups is 1. The normalized spacial score (nSPS) is 16.1. The van der Waals surface area contributed by atoms with E-state index in [0.717, 1.165) is 24.7 Å². The third-order valence-corrected chi connectivity index (χ3v) is 4.95. The van der Waals surface area contributed by atoms with Crippen LogP contribution in [0.1, 0.15) is 33.3 Å². The molecule has 5 heteroatoms. The van der Waals surface area contributed by atoms with E-state index >= 15 is 0 Å². The van der Waals surface area contributed by atoms with E-state index in [-0.39, 0.29) is 11.3 Å². The molecule has 1 aliphatic rings. The first-order chi connectivity index (χ1) is 12.8. The summed E-state index contributed by atoms with van der Waals surface area (Å²) in [6.07, 6.45) is 1.31. The van der Waals surface area contributed by atoms with Crippen LogP contribution in [0.2, 0.25) is 0 Å². The zero-order chi connectivity index (χ0) is 19.4. The highest BCUT2D eigenvalue weighted by Crippen LogP contribution is 2.25. The van der Waals surface area contributed by atoms with Crippen molar-refractivity contribution >= 4 is 11.7 Å². The highest BCUT2D eigenvalue weighted by atomic mass is 16.5. The fraction of sp³-hybridized carbons (Fsp3) is 0.455. The Morgan fingerprint density at radius 1 is 1.04 bits per heavy atom. The minimum Gasteiger partial charge on any atom is -0.481 e. The minimum atomic E-state index is -0.494. The van der Waals surface area contributed by atoms with Gasteiger partial charge in [0.15, 0.2) is 6.10 Å². The van der Waals surface area contributed by atoms with E-state index in [2.05, 4.69) is 42.8 Å². The van der Waals surface area contributed by atoms with Gasteiger partial charge in [0.25, 0.3) is 5.91 Å². The third-order valence-electron chi connectivity index (χ3n) is 4.95. The molecule has 1 aliphatic heterocycles. The molecule has 1 aromatic heterocycles. The van der Waals surface area contributed by atoms with Gasteiger partial charge in [0.05, 0.1) is 0 Å². The molecule has 0 N–H and O–H groups in total. The Morgan fingerprint density at radius 2 is 1.70 bits per heavy atom. The van der Waals surface area contributed by atoms with Gasteiger partial charge in [0.1, 0.15) is 11.6 Å². The third kappa shape index (κ3) is 4.79. The second kappa shape index (κ2) is 7.99. The average molecular weight is 367 g/mol. The smallest absolute Gasteiger partial charge is 0.263 e. The molecule has 0 radical (unpaired) electrons. The number of ether oxygens (including phenoxy) is 1. The maximum atomic E-state index is 12.7. The Hall–Kier alpha value is -2.56. The fourth-order valence-electron chi connectivity index (χ4n) is 3.24. The van der Waals surface area contributed by atoms with Crippen LogP contribution >= 0.6 is 0 Å². The van der Waals surface area contributed by atoms with Crippen LogP contribution in [-0.2, 0) is 10.2 Å². The summed E-state index contributed by atoms with van der Waals surface area (Å²) < 4.78 is 5.89. The van der Waals surface area contributed by atoms with E-state index in [4.69, 9.17) is 4.74 Å². The minimum absolute atomic E-state index is 0.0376. The van der Waals surface area contributed by atoms with Crippen LogP contribution in [-0.4, -0.2) is 48.1 Å². The summed E-state index contributed by atoms with van der Waals surface area (Å²) in [7, 11) is 0. The lowest BCUT2D eigenvalue weighted by Crippen LogP contribution is -2.52. The molecular weight excluding hydrogens is 338 g/mol. The van der Waals surface area contributed by atoms with Crippen molar-refractivity contribution in [2.45, 2.75) is 39.2 Å². The summed E-state index contributed by atoms with van der Waals surface area (Å²) >= 11 is 0. The number of piperazine rings is 1. The molecule has 1 aromatic carbocycles. The maximum Gasteiger partial charge on any atom is 0.263 e. The van der Waals surface area contributed by atoms with E-state index < -0.39 is 6.10 Å². The van der Waals surface area contributed by atoms with E-state index in [1.165, 1.54) is 5.56 Å². The van der Waals surface area contributed by atoms with Crippen LogP contribution in [0.5, 0.6) is 5.75 Å². The van der Waals surface area contributed by atoms with Gasteiger partial charge >= 0.3 is 0 Å². The molecule has 0 bridgehead atoms. The Morgan fingerprint density at radius 3 is 2.26 bits per heavy atom. The number of nitrogens with zero attached hydrogens (tertiary/aromatic N) is 3. The second-order valence-corrected chi connectivity index (χ2v) is 8.03. The van der Waals surface area contributed by atoms with Crippen molar-refractivity contribution < 1.29 is 9.53 Å². The van der Waals surface area contributed by atoms with Crippen LogP contribution in [0.25, 0.3) is 0 Å². The van der Waals surface area contributed by atoms with Gasteiger partial charge in [0.2, 0.25) is 0 Å². The van der Waals surface area contributed by atoms with Crippen molar-refractivity contribution in [3.8, 4) is 5.75 Å². The highest BCUT2D eigenvalue weighted by Gasteiger charge is 2.26. The summed E-state index contributed by atoms with van der Waals surface area (Å²) in [4.78, 5) is 21.2. The lowest BCUT2D eigenvalue weighted by molar-refractivity contribution is -0.138. The van der Waals surface area contributed by atoms with Crippen LogP contribution in [0, 0.1) is 0 Å². The number of benzene rings is 1. The molecule has 144 valence electrons. The predicted molar refractivity (Wildman–Crippen MR) is 108 cm³/mol. The first-order valence-electron chi connectivity index (χ1n) is 9.56. The predicted octanol–water partition coefficient (Wildman–Crippen LogP) is 3.50. The SMILES string of the molecule is C[C@@H](Oc1ccc(C(C)(C)C)cc1)C(=O)N1CCN(c2ccccn2)CC1. The number of rotatable bonds is 4. The van der Waals surface area contributed by atoms with E-state index in [1.807, 2.05) is 42.2 Å². The van der Waals surface area contributed by atoms with Crippen molar-refractivity contribution in [1.29, 1.82) is 0 Å². The van der Waals surface area contributed by atoms with E-state index in [9.17, 15) is 4.79 Å². The van der Waals surface area contributed by atoms with Gasteiger partial charge in [-0.05, 0) is 42.2 Å². The Balaban J connectivity index is 1.54. The molecule has 2 heterocycles. The van der Waals surface area contributed by atoms with Gasteiger partial charge < -0.3 is 14.5 Å². The molecule has 5 nitrogen and oxygen atoms in total. The first kappa shape index (κ1) is 19.2. The topological polar surface area (TPSA) is 45.7 Å². The zero-order valence-electron chi connectivity index (χ0n) is 16.7. The van der Waals surface area contributed by atoms with E-state index in [1.54, 1.807) is 6.20 Å². The monoisotopic (exact) mass is 367 g/mol. The van der Waals surface area contributed by atoms with Gasteiger partial charge in [-0.2, -0.15) is 0 Å². The fourth-order valence-corrected chi connectivity index (χ4v) is 3.24. The molecule has 0 unspecified atom stereocenters. The van der Waals surface area contributed by atoms with Crippen molar-refractivity contribution in [1.82, 2.24) is 9.88 Å². The van der Waals surface area contributed by atoms with E-state index in [0.29, 0.717) is 13.1 Å². The summed E-state index contributed by atoms with van der Waals surface area (Å²) in [6.45, 7) is 11.3. The lowest BCUT2D eigenvalue weighted by Gasteiger charge is -2.36. The summed E-state index contributed by atoms with van der Waals surface area (Å²) in [5, 5.41) is 0. The molecule has 0 spiro atoms. The van der Waals surface area contributed by atoms with Crippen LogP contribution < -0.4 is 9.64 Å². The van der Waals surface area contributed by atoms with Crippen LogP contribution in [0.15, 0.2) is 48.7 Å². The van der Waals surface area contributed by atoms with Gasteiger partial charge in [-0.1, -0.05) is 39.0 Å². The molecule has 0 saturated carbocycles. The Bertz CT molecular complexity index is 745. The van der Waals surface area contributed by atoms with Gasteiger partial charge in [0, 0.05) is 32.4 Å². The Kier molecular flexibility index (Phi) is 5.68. The molecule has 3 rings (SSSR count). The number of aromatic nitrogens is 1. The maximum absolute atomic E-state index is 12.7. The Labute approximate surface area is 162 Å². The molecule has 1 atom stereocenters. The van der Waals surface area contributed by atoms with Crippen LogP contribution in [0.4, 0.5) is 5.82 Å². The number of hydrogen-bond acceptors (Lipinski definition) is 4. The highest BCUT2D eigenvalue weighted by molar-refractivity contribution is 5.81. The van der Waals surface area contributed by atoms with Gasteiger partial charge in [-0.3, -0.25) is 4.79 Å².